The molecule has 19 heavy (non-hydrogen) atoms. The third kappa shape index (κ3) is 3.55. The zero-order valence-corrected chi connectivity index (χ0v) is 11.1. The van der Waals surface area contributed by atoms with Crippen LogP contribution in [0.1, 0.15) is 22.8 Å². The maximum Gasteiger partial charge on any atom is 0.129 e. The monoisotopic (exact) mass is 260 g/mol. The van der Waals surface area contributed by atoms with Gasteiger partial charge in [-0.1, -0.05) is 35.9 Å². The molecule has 0 spiro atoms. The molecule has 2 rings (SSSR count). The summed E-state index contributed by atoms with van der Waals surface area (Å²) >= 11 is 0. The molecule has 2 aromatic carbocycles. The van der Waals surface area contributed by atoms with Crippen molar-refractivity contribution in [3.8, 4) is 5.75 Å². The lowest BCUT2D eigenvalue weighted by Crippen LogP contribution is -2.10. The average Bonchev–Trinajstić information content (AvgIpc) is 2.40. The quantitative estimate of drug-likeness (QED) is 0.910. The van der Waals surface area contributed by atoms with Gasteiger partial charge in [-0.05, 0) is 31.0 Å². The van der Waals surface area contributed by atoms with Gasteiger partial charge in [-0.2, -0.15) is 0 Å². The molecule has 0 bridgehead atoms. The summed E-state index contributed by atoms with van der Waals surface area (Å²) in [5.74, 6) is 0.123. The molecule has 2 aromatic rings. The minimum Gasteiger partial charge on any atom is -0.490 e. The molecule has 0 aliphatic heterocycles. The van der Waals surface area contributed by atoms with E-state index >= 15 is 0 Å². The Kier molecular flexibility index (Phi) is 4.17. The topological polar surface area (TPSA) is 29.5 Å². The maximum absolute atomic E-state index is 13.3. The Bertz CT molecular complexity index is 566. The summed E-state index contributed by atoms with van der Waals surface area (Å²) in [5.41, 5.74) is 2.46. The fraction of sp³-hybridized carbons (Fsp3) is 0.250. The Hall–Kier alpha value is -1.87. The number of aliphatic hydroxyl groups is 1. The number of rotatable bonds is 4. The molecule has 0 saturated heterocycles. The van der Waals surface area contributed by atoms with Crippen molar-refractivity contribution < 1.29 is 14.2 Å². The summed E-state index contributed by atoms with van der Waals surface area (Å²) in [6, 6.07) is 12.3. The molecule has 2 nitrogen and oxygen atoms in total. The Labute approximate surface area is 112 Å². The predicted molar refractivity (Wildman–Crippen MR) is 72.8 cm³/mol. The van der Waals surface area contributed by atoms with Crippen molar-refractivity contribution >= 4 is 0 Å². The van der Waals surface area contributed by atoms with Gasteiger partial charge in [0.15, 0.2) is 0 Å². The number of aliphatic hydroxyl groups excluding tert-OH is 1. The second-order valence-corrected chi connectivity index (χ2v) is 4.65. The van der Waals surface area contributed by atoms with Gasteiger partial charge in [0.25, 0.3) is 0 Å². The fourth-order valence-electron chi connectivity index (χ4n) is 1.81. The summed E-state index contributed by atoms with van der Waals surface area (Å²) < 4.78 is 18.7. The van der Waals surface area contributed by atoms with Crippen LogP contribution in [0.4, 0.5) is 4.39 Å². The van der Waals surface area contributed by atoms with Crippen molar-refractivity contribution in [1.82, 2.24) is 0 Å². The van der Waals surface area contributed by atoms with Crippen LogP contribution in [0.2, 0.25) is 0 Å². The molecule has 0 aliphatic carbocycles. The minimum absolute atomic E-state index is 0.103. The summed E-state index contributed by atoms with van der Waals surface area (Å²) in [6.07, 6.45) is -0.718. The number of hydrogen-bond acceptors (Lipinski definition) is 2. The standard InChI is InChI=1S/C16H17FO2/c1-11-4-3-5-13(8-11)16(18)10-19-14-7-6-12(2)15(17)9-14/h3-9,16,18H,10H2,1-2H3. The molecule has 0 amide bonds. The minimum atomic E-state index is -0.718. The van der Waals surface area contributed by atoms with Crippen LogP contribution in [-0.2, 0) is 0 Å². The van der Waals surface area contributed by atoms with Gasteiger partial charge in [-0.3, -0.25) is 0 Å². The third-order valence-electron chi connectivity index (χ3n) is 2.98. The Morgan fingerprint density at radius 1 is 1.16 bits per heavy atom. The number of aryl methyl sites for hydroxylation is 2. The van der Waals surface area contributed by atoms with E-state index in [2.05, 4.69) is 0 Å². The number of halogens is 1. The smallest absolute Gasteiger partial charge is 0.129 e. The van der Waals surface area contributed by atoms with E-state index in [0.717, 1.165) is 11.1 Å². The third-order valence-corrected chi connectivity index (χ3v) is 2.98. The Morgan fingerprint density at radius 2 is 1.95 bits per heavy atom. The molecule has 1 unspecified atom stereocenters. The van der Waals surface area contributed by atoms with Crippen molar-refractivity contribution in [2.45, 2.75) is 20.0 Å². The summed E-state index contributed by atoms with van der Waals surface area (Å²) in [6.45, 7) is 3.76. The van der Waals surface area contributed by atoms with Gasteiger partial charge in [-0.25, -0.2) is 4.39 Å². The van der Waals surface area contributed by atoms with E-state index in [4.69, 9.17) is 4.74 Å². The molecule has 3 heteroatoms. The van der Waals surface area contributed by atoms with Crippen molar-refractivity contribution in [3.05, 3.63) is 65.0 Å². The molecule has 1 atom stereocenters. The van der Waals surface area contributed by atoms with Crippen LogP contribution < -0.4 is 4.74 Å². The molecular formula is C16H17FO2. The Balaban J connectivity index is 2.00. The normalized spacial score (nSPS) is 12.2. The fourth-order valence-corrected chi connectivity index (χ4v) is 1.81. The highest BCUT2D eigenvalue weighted by Gasteiger charge is 2.09. The number of hydrogen-bond donors (Lipinski definition) is 1. The van der Waals surface area contributed by atoms with Crippen LogP contribution in [0.3, 0.4) is 0 Å². The van der Waals surface area contributed by atoms with Gasteiger partial charge < -0.3 is 9.84 Å². The van der Waals surface area contributed by atoms with Crippen LogP contribution >= 0.6 is 0 Å². The largest absolute Gasteiger partial charge is 0.490 e. The van der Waals surface area contributed by atoms with E-state index in [-0.39, 0.29) is 12.4 Å². The predicted octanol–water partition coefficient (Wildman–Crippen LogP) is 3.55. The van der Waals surface area contributed by atoms with E-state index in [9.17, 15) is 9.50 Å². The van der Waals surface area contributed by atoms with Crippen LogP contribution in [0.5, 0.6) is 5.75 Å². The number of ether oxygens (including phenoxy) is 1. The molecule has 0 aliphatic rings. The zero-order valence-electron chi connectivity index (χ0n) is 11.1. The van der Waals surface area contributed by atoms with E-state index in [1.807, 2.05) is 31.2 Å². The van der Waals surface area contributed by atoms with E-state index in [0.29, 0.717) is 11.3 Å². The van der Waals surface area contributed by atoms with Crippen molar-refractivity contribution in [2.24, 2.45) is 0 Å². The van der Waals surface area contributed by atoms with Crippen LogP contribution in [0, 0.1) is 19.7 Å². The summed E-state index contributed by atoms with van der Waals surface area (Å²) in [7, 11) is 0. The molecule has 0 fully saturated rings. The first-order valence-electron chi connectivity index (χ1n) is 6.20. The van der Waals surface area contributed by atoms with Crippen molar-refractivity contribution in [1.29, 1.82) is 0 Å². The molecule has 0 aromatic heterocycles. The van der Waals surface area contributed by atoms with Crippen LogP contribution in [0.15, 0.2) is 42.5 Å². The Morgan fingerprint density at radius 3 is 2.63 bits per heavy atom. The highest BCUT2D eigenvalue weighted by atomic mass is 19.1. The van der Waals surface area contributed by atoms with Gasteiger partial charge in [0.2, 0.25) is 0 Å². The van der Waals surface area contributed by atoms with Gasteiger partial charge in [0, 0.05) is 6.07 Å². The average molecular weight is 260 g/mol. The van der Waals surface area contributed by atoms with Gasteiger partial charge in [-0.15, -0.1) is 0 Å². The molecule has 0 radical (unpaired) electrons. The molecule has 0 heterocycles. The van der Waals surface area contributed by atoms with Crippen molar-refractivity contribution in [3.63, 3.8) is 0 Å². The van der Waals surface area contributed by atoms with E-state index in [1.54, 1.807) is 19.1 Å². The second kappa shape index (κ2) is 5.85. The molecule has 100 valence electrons. The van der Waals surface area contributed by atoms with Gasteiger partial charge >= 0.3 is 0 Å². The highest BCUT2D eigenvalue weighted by Crippen LogP contribution is 2.19. The lowest BCUT2D eigenvalue weighted by atomic mass is 10.1. The zero-order chi connectivity index (χ0) is 13.8. The first kappa shape index (κ1) is 13.6. The number of benzene rings is 2. The molecular weight excluding hydrogens is 243 g/mol. The van der Waals surface area contributed by atoms with Crippen molar-refractivity contribution in [2.75, 3.05) is 6.61 Å². The summed E-state index contributed by atoms with van der Waals surface area (Å²) in [4.78, 5) is 0. The maximum atomic E-state index is 13.3. The molecule has 0 saturated carbocycles. The van der Waals surface area contributed by atoms with E-state index < -0.39 is 6.10 Å². The molecule has 1 N–H and O–H groups in total. The van der Waals surface area contributed by atoms with Crippen LogP contribution in [0.25, 0.3) is 0 Å². The first-order valence-corrected chi connectivity index (χ1v) is 6.20. The first-order chi connectivity index (χ1) is 9.06. The summed E-state index contributed by atoms with van der Waals surface area (Å²) in [5, 5.41) is 10.0. The van der Waals surface area contributed by atoms with E-state index in [1.165, 1.54) is 6.07 Å². The second-order valence-electron chi connectivity index (χ2n) is 4.65. The lowest BCUT2D eigenvalue weighted by Gasteiger charge is -2.13. The van der Waals surface area contributed by atoms with Gasteiger partial charge in [0.1, 0.15) is 24.3 Å². The SMILES string of the molecule is Cc1cccc(C(O)COc2ccc(C)c(F)c2)c1. The lowest BCUT2D eigenvalue weighted by molar-refractivity contribution is 0.108. The van der Waals surface area contributed by atoms with Gasteiger partial charge in [0.05, 0.1) is 0 Å². The highest BCUT2D eigenvalue weighted by molar-refractivity contribution is 5.28. The van der Waals surface area contributed by atoms with Crippen LogP contribution in [-0.4, -0.2) is 11.7 Å².